The van der Waals surface area contributed by atoms with Crippen LogP contribution < -0.4 is 10.6 Å². The summed E-state index contributed by atoms with van der Waals surface area (Å²) in [5.41, 5.74) is 1.19. The molecule has 3 atom stereocenters. The fraction of sp³-hybridized carbons (Fsp3) is 0.588. The van der Waals surface area contributed by atoms with Gasteiger partial charge in [0.25, 0.3) is 0 Å². The second-order valence-electron chi connectivity index (χ2n) is 6.18. The highest BCUT2D eigenvalue weighted by molar-refractivity contribution is 5.75. The highest BCUT2D eigenvalue weighted by Gasteiger charge is 2.34. The third kappa shape index (κ3) is 3.76. The van der Waals surface area contributed by atoms with Gasteiger partial charge in [0.05, 0.1) is 18.2 Å². The monoisotopic (exact) mass is 288 g/mol. The molecule has 0 bridgehead atoms. The number of amides is 2. The molecule has 21 heavy (non-hydrogen) atoms. The largest absolute Gasteiger partial charge is 0.376 e. The van der Waals surface area contributed by atoms with Crippen molar-refractivity contribution in [1.29, 1.82) is 0 Å². The molecule has 1 aliphatic carbocycles. The summed E-state index contributed by atoms with van der Waals surface area (Å²) in [4.78, 5) is 12.2. The standard InChI is InChI=1S/C17H24N2O2/c1-12(15-8-5-11-21-15)18-17(20)19-16(14-9-10-14)13-6-3-2-4-7-13/h2-4,6-7,12,14-16H,5,8-11H2,1H3,(H2,18,19,20)/t12-,15-,16-/m0/s1. The van der Waals surface area contributed by atoms with Crippen molar-refractivity contribution in [2.45, 2.75) is 50.8 Å². The lowest BCUT2D eigenvalue weighted by molar-refractivity contribution is 0.0858. The molecule has 4 nitrogen and oxygen atoms in total. The molecule has 4 heteroatoms. The van der Waals surface area contributed by atoms with Gasteiger partial charge in [-0.1, -0.05) is 30.3 Å². The molecule has 0 unspecified atom stereocenters. The molecule has 3 rings (SSSR count). The second-order valence-corrected chi connectivity index (χ2v) is 6.18. The zero-order chi connectivity index (χ0) is 14.7. The van der Waals surface area contributed by atoms with Crippen molar-refractivity contribution in [1.82, 2.24) is 10.6 Å². The van der Waals surface area contributed by atoms with Crippen LogP contribution in [0.4, 0.5) is 4.79 Å². The third-order valence-corrected chi connectivity index (χ3v) is 4.42. The van der Waals surface area contributed by atoms with E-state index in [9.17, 15) is 4.79 Å². The molecule has 2 aliphatic rings. The summed E-state index contributed by atoms with van der Waals surface area (Å²) in [5, 5.41) is 6.17. The molecule has 1 saturated heterocycles. The van der Waals surface area contributed by atoms with Crippen LogP contribution in [-0.2, 0) is 4.74 Å². The van der Waals surface area contributed by atoms with Crippen molar-refractivity contribution in [3.05, 3.63) is 35.9 Å². The average Bonchev–Trinajstić information content (AvgIpc) is 3.18. The lowest BCUT2D eigenvalue weighted by atomic mass is 10.0. The second kappa shape index (κ2) is 6.48. The Morgan fingerprint density at radius 1 is 1.19 bits per heavy atom. The highest BCUT2D eigenvalue weighted by atomic mass is 16.5. The first kappa shape index (κ1) is 14.4. The molecule has 2 fully saturated rings. The van der Waals surface area contributed by atoms with Crippen LogP contribution >= 0.6 is 0 Å². The van der Waals surface area contributed by atoms with E-state index in [1.165, 1.54) is 18.4 Å². The minimum atomic E-state index is -0.0845. The zero-order valence-corrected chi connectivity index (χ0v) is 12.5. The number of hydrogen-bond acceptors (Lipinski definition) is 2. The molecule has 1 heterocycles. The van der Waals surface area contributed by atoms with Crippen molar-refractivity contribution in [3.63, 3.8) is 0 Å². The minimum absolute atomic E-state index is 0.0585. The molecule has 2 amide bonds. The van der Waals surface area contributed by atoms with Gasteiger partial charge >= 0.3 is 6.03 Å². The Kier molecular flexibility index (Phi) is 4.44. The number of hydrogen-bond donors (Lipinski definition) is 2. The van der Waals surface area contributed by atoms with Crippen molar-refractivity contribution < 1.29 is 9.53 Å². The van der Waals surface area contributed by atoms with Gasteiger partial charge in [0, 0.05) is 6.61 Å². The van der Waals surface area contributed by atoms with E-state index in [0.717, 1.165) is 19.4 Å². The molecular weight excluding hydrogens is 264 g/mol. The lowest BCUT2D eigenvalue weighted by Gasteiger charge is -2.23. The van der Waals surface area contributed by atoms with Crippen LogP contribution in [0, 0.1) is 5.92 Å². The number of rotatable bonds is 5. The van der Waals surface area contributed by atoms with Gasteiger partial charge in [0.2, 0.25) is 0 Å². The number of urea groups is 1. The summed E-state index contributed by atoms with van der Waals surface area (Å²) >= 11 is 0. The van der Waals surface area contributed by atoms with Crippen LogP contribution in [0.15, 0.2) is 30.3 Å². The molecule has 1 aliphatic heterocycles. The first-order chi connectivity index (χ1) is 10.2. The fourth-order valence-electron chi connectivity index (χ4n) is 3.04. The summed E-state index contributed by atoms with van der Waals surface area (Å²) in [5.74, 6) is 0.580. The lowest BCUT2D eigenvalue weighted by Crippen LogP contribution is -2.47. The van der Waals surface area contributed by atoms with Gasteiger partial charge in [-0.25, -0.2) is 4.79 Å². The maximum Gasteiger partial charge on any atom is 0.315 e. The van der Waals surface area contributed by atoms with Crippen molar-refractivity contribution in [2.75, 3.05) is 6.61 Å². The molecule has 0 radical (unpaired) electrons. The van der Waals surface area contributed by atoms with E-state index >= 15 is 0 Å². The predicted molar refractivity (Wildman–Crippen MR) is 82.0 cm³/mol. The van der Waals surface area contributed by atoms with Gasteiger partial charge in [0.1, 0.15) is 0 Å². The molecule has 2 N–H and O–H groups in total. The Morgan fingerprint density at radius 2 is 1.95 bits per heavy atom. The van der Waals surface area contributed by atoms with Crippen LogP contribution in [0.25, 0.3) is 0 Å². The molecule has 0 aromatic heterocycles. The van der Waals surface area contributed by atoms with E-state index in [-0.39, 0.29) is 24.2 Å². The van der Waals surface area contributed by atoms with Gasteiger partial charge in [-0.2, -0.15) is 0 Å². The van der Waals surface area contributed by atoms with E-state index < -0.39 is 0 Å². The Bertz CT molecular complexity index is 467. The SMILES string of the molecule is C[C@H](NC(=O)N[C@@H](c1ccccc1)C1CC1)[C@@H]1CCCO1. The quantitative estimate of drug-likeness (QED) is 0.875. The normalized spacial score (nSPS) is 24.3. The Labute approximate surface area is 126 Å². The van der Waals surface area contributed by atoms with E-state index in [1.807, 2.05) is 25.1 Å². The Balaban J connectivity index is 1.57. The molecular formula is C17H24N2O2. The Hall–Kier alpha value is -1.55. The smallest absolute Gasteiger partial charge is 0.315 e. The number of carbonyl (C=O) groups is 1. The average molecular weight is 288 g/mol. The fourth-order valence-corrected chi connectivity index (χ4v) is 3.04. The van der Waals surface area contributed by atoms with Gasteiger partial charge in [-0.05, 0) is 44.1 Å². The van der Waals surface area contributed by atoms with Gasteiger partial charge in [0.15, 0.2) is 0 Å². The molecule has 1 aromatic rings. The van der Waals surface area contributed by atoms with Crippen LogP contribution in [0.1, 0.15) is 44.2 Å². The third-order valence-electron chi connectivity index (χ3n) is 4.42. The topological polar surface area (TPSA) is 50.4 Å². The number of benzene rings is 1. The predicted octanol–water partition coefficient (Wildman–Crippen LogP) is 3.00. The number of nitrogens with one attached hydrogen (secondary N) is 2. The van der Waals surface area contributed by atoms with Gasteiger partial charge < -0.3 is 15.4 Å². The summed E-state index contributed by atoms with van der Waals surface area (Å²) < 4.78 is 5.62. The van der Waals surface area contributed by atoms with Crippen molar-refractivity contribution >= 4 is 6.03 Å². The Morgan fingerprint density at radius 3 is 2.57 bits per heavy atom. The van der Waals surface area contributed by atoms with E-state index in [2.05, 4.69) is 22.8 Å². The summed E-state index contributed by atoms with van der Waals surface area (Å²) in [6.45, 7) is 2.83. The molecule has 0 spiro atoms. The maximum atomic E-state index is 12.2. The van der Waals surface area contributed by atoms with Crippen LogP contribution in [0.2, 0.25) is 0 Å². The summed E-state index contributed by atoms with van der Waals surface area (Å²) in [6, 6.07) is 10.3. The maximum absolute atomic E-state index is 12.2. The molecule has 1 aromatic carbocycles. The van der Waals surface area contributed by atoms with Crippen LogP contribution in [0.3, 0.4) is 0 Å². The molecule has 114 valence electrons. The van der Waals surface area contributed by atoms with E-state index in [0.29, 0.717) is 5.92 Å². The van der Waals surface area contributed by atoms with Gasteiger partial charge in [-0.15, -0.1) is 0 Å². The first-order valence-electron chi connectivity index (χ1n) is 7.97. The highest BCUT2D eigenvalue weighted by Crippen LogP contribution is 2.40. The summed E-state index contributed by atoms with van der Waals surface area (Å²) in [7, 11) is 0. The van der Waals surface area contributed by atoms with E-state index in [1.54, 1.807) is 0 Å². The number of ether oxygens (including phenoxy) is 1. The molecule has 1 saturated carbocycles. The zero-order valence-electron chi connectivity index (χ0n) is 12.5. The summed E-state index contributed by atoms with van der Waals surface area (Å²) in [6.07, 6.45) is 4.67. The van der Waals surface area contributed by atoms with Crippen molar-refractivity contribution in [3.8, 4) is 0 Å². The van der Waals surface area contributed by atoms with E-state index in [4.69, 9.17) is 4.74 Å². The van der Waals surface area contributed by atoms with Gasteiger partial charge in [-0.3, -0.25) is 0 Å². The van der Waals surface area contributed by atoms with Crippen LogP contribution in [0.5, 0.6) is 0 Å². The minimum Gasteiger partial charge on any atom is -0.376 e. The first-order valence-corrected chi connectivity index (χ1v) is 7.97. The van der Waals surface area contributed by atoms with Crippen molar-refractivity contribution in [2.24, 2.45) is 5.92 Å². The van der Waals surface area contributed by atoms with Crippen LogP contribution in [-0.4, -0.2) is 24.8 Å². The number of carbonyl (C=O) groups excluding carboxylic acids is 1.